The fourth-order valence-corrected chi connectivity index (χ4v) is 3.69. The van der Waals surface area contributed by atoms with E-state index in [1.54, 1.807) is 12.1 Å². The SMILES string of the molecule is CC(C)(C)c1ccc(CNc2c(Cl)cc(-c3ccc(OC(F)(F)F)cc3)cc2Cl)cc1. The second-order valence-electron chi connectivity index (χ2n) is 8.19. The van der Waals surface area contributed by atoms with Gasteiger partial charge in [-0.1, -0.05) is 80.4 Å². The van der Waals surface area contributed by atoms with E-state index in [0.717, 1.165) is 5.56 Å². The molecule has 0 saturated carbocycles. The van der Waals surface area contributed by atoms with Gasteiger partial charge in [0.25, 0.3) is 0 Å². The van der Waals surface area contributed by atoms with Gasteiger partial charge in [-0.3, -0.25) is 0 Å². The Hall–Kier alpha value is -2.37. The van der Waals surface area contributed by atoms with Gasteiger partial charge in [0.2, 0.25) is 0 Å². The lowest BCUT2D eigenvalue weighted by Gasteiger charge is -2.19. The van der Waals surface area contributed by atoms with Crippen LogP contribution in [0.4, 0.5) is 18.9 Å². The topological polar surface area (TPSA) is 21.3 Å². The van der Waals surface area contributed by atoms with Gasteiger partial charge in [0.05, 0.1) is 15.7 Å². The molecule has 0 bridgehead atoms. The van der Waals surface area contributed by atoms with Crippen molar-refractivity contribution in [2.24, 2.45) is 0 Å². The van der Waals surface area contributed by atoms with Crippen LogP contribution in [0.1, 0.15) is 31.9 Å². The molecule has 7 heteroatoms. The molecule has 3 aromatic carbocycles. The van der Waals surface area contributed by atoms with Crippen molar-refractivity contribution < 1.29 is 17.9 Å². The predicted octanol–water partition coefficient (Wildman–Crippen LogP) is 8.47. The number of alkyl halides is 3. The van der Waals surface area contributed by atoms with E-state index in [9.17, 15) is 13.2 Å². The highest BCUT2D eigenvalue weighted by Crippen LogP contribution is 2.37. The molecule has 0 heterocycles. The van der Waals surface area contributed by atoms with E-state index in [-0.39, 0.29) is 11.2 Å². The lowest BCUT2D eigenvalue weighted by molar-refractivity contribution is -0.274. The second-order valence-corrected chi connectivity index (χ2v) is 9.00. The largest absolute Gasteiger partial charge is 0.573 e. The van der Waals surface area contributed by atoms with Crippen LogP contribution in [0.25, 0.3) is 11.1 Å². The summed E-state index contributed by atoms with van der Waals surface area (Å²) >= 11 is 12.9. The molecule has 3 aromatic rings. The summed E-state index contributed by atoms with van der Waals surface area (Å²) in [6.45, 7) is 7.04. The number of nitrogens with one attached hydrogen (secondary N) is 1. The first-order valence-electron chi connectivity index (χ1n) is 9.61. The molecule has 0 atom stereocenters. The Morgan fingerprint density at radius 1 is 0.806 bits per heavy atom. The van der Waals surface area contributed by atoms with Crippen LogP contribution in [-0.2, 0) is 12.0 Å². The summed E-state index contributed by atoms with van der Waals surface area (Å²) in [7, 11) is 0. The minimum atomic E-state index is -4.73. The van der Waals surface area contributed by atoms with E-state index < -0.39 is 6.36 Å². The molecule has 2 nitrogen and oxygen atoms in total. The number of halogens is 5. The molecule has 0 spiro atoms. The third-order valence-corrected chi connectivity index (χ3v) is 5.35. The van der Waals surface area contributed by atoms with E-state index in [2.05, 4.69) is 55.1 Å². The molecule has 0 fully saturated rings. The first kappa shape index (κ1) is 23.3. The Labute approximate surface area is 190 Å². The van der Waals surface area contributed by atoms with Crippen molar-refractivity contribution in [1.29, 1.82) is 0 Å². The highest BCUT2D eigenvalue weighted by Gasteiger charge is 2.31. The zero-order valence-corrected chi connectivity index (χ0v) is 18.8. The van der Waals surface area contributed by atoms with E-state index in [0.29, 0.717) is 33.4 Å². The average molecular weight is 468 g/mol. The standard InChI is InChI=1S/C24H22Cl2F3NO/c1-23(2,3)18-8-4-15(5-9-18)14-30-22-20(25)12-17(13-21(22)26)16-6-10-19(11-7-16)31-24(27,28)29/h4-13,30H,14H2,1-3H3. The van der Waals surface area contributed by atoms with Crippen molar-refractivity contribution in [3.63, 3.8) is 0 Å². The number of rotatable bonds is 5. The minimum Gasteiger partial charge on any atom is -0.406 e. The van der Waals surface area contributed by atoms with E-state index in [4.69, 9.17) is 23.2 Å². The maximum absolute atomic E-state index is 12.3. The molecule has 0 amide bonds. The summed E-state index contributed by atoms with van der Waals surface area (Å²) in [6, 6.07) is 17.3. The molecular weight excluding hydrogens is 446 g/mol. The Kier molecular flexibility index (Phi) is 6.77. The monoisotopic (exact) mass is 467 g/mol. The van der Waals surface area contributed by atoms with Crippen molar-refractivity contribution in [1.82, 2.24) is 0 Å². The highest BCUT2D eigenvalue weighted by atomic mass is 35.5. The molecule has 0 aliphatic carbocycles. The maximum Gasteiger partial charge on any atom is 0.573 e. The van der Waals surface area contributed by atoms with Crippen molar-refractivity contribution in [2.75, 3.05) is 5.32 Å². The summed E-state index contributed by atoms with van der Waals surface area (Å²) in [5, 5.41) is 4.10. The van der Waals surface area contributed by atoms with E-state index in [1.807, 2.05) is 0 Å². The van der Waals surface area contributed by atoms with Crippen LogP contribution in [0.2, 0.25) is 10.0 Å². The lowest BCUT2D eigenvalue weighted by Crippen LogP contribution is -2.16. The third kappa shape index (κ3) is 6.31. The fraction of sp³-hybridized carbons (Fsp3) is 0.250. The van der Waals surface area contributed by atoms with Crippen molar-refractivity contribution in [2.45, 2.75) is 39.1 Å². The molecule has 164 valence electrons. The maximum atomic E-state index is 12.3. The minimum absolute atomic E-state index is 0.0888. The Balaban J connectivity index is 1.73. The summed E-state index contributed by atoms with van der Waals surface area (Å²) in [5.74, 6) is -0.288. The summed E-state index contributed by atoms with van der Waals surface area (Å²) in [5.41, 5.74) is 4.39. The highest BCUT2D eigenvalue weighted by molar-refractivity contribution is 6.39. The number of benzene rings is 3. The zero-order chi connectivity index (χ0) is 22.8. The van der Waals surface area contributed by atoms with Gasteiger partial charge in [0, 0.05) is 6.54 Å². The van der Waals surface area contributed by atoms with Crippen molar-refractivity contribution in [3.8, 4) is 16.9 Å². The van der Waals surface area contributed by atoms with E-state index in [1.165, 1.54) is 29.8 Å². The second kappa shape index (κ2) is 9.01. The zero-order valence-electron chi connectivity index (χ0n) is 17.3. The summed E-state index contributed by atoms with van der Waals surface area (Å²) in [6.07, 6.45) is -4.73. The van der Waals surface area contributed by atoms with Gasteiger partial charge in [-0.2, -0.15) is 0 Å². The number of hydrogen-bond acceptors (Lipinski definition) is 2. The predicted molar refractivity (Wildman–Crippen MR) is 121 cm³/mol. The molecular formula is C24H22Cl2F3NO. The third-order valence-electron chi connectivity index (χ3n) is 4.75. The van der Waals surface area contributed by atoms with Crippen LogP contribution in [0.15, 0.2) is 60.7 Å². The normalized spacial score (nSPS) is 12.0. The van der Waals surface area contributed by atoms with Crippen LogP contribution in [0.3, 0.4) is 0 Å². The number of hydrogen-bond donors (Lipinski definition) is 1. The molecule has 0 aliphatic heterocycles. The molecule has 31 heavy (non-hydrogen) atoms. The van der Waals surface area contributed by atoms with Crippen LogP contribution < -0.4 is 10.1 Å². The van der Waals surface area contributed by atoms with Crippen LogP contribution in [-0.4, -0.2) is 6.36 Å². The van der Waals surface area contributed by atoms with E-state index >= 15 is 0 Å². The van der Waals surface area contributed by atoms with Gasteiger partial charge in [-0.05, 0) is 51.9 Å². The summed E-state index contributed by atoms with van der Waals surface area (Å²) in [4.78, 5) is 0. The van der Waals surface area contributed by atoms with Gasteiger partial charge in [0.15, 0.2) is 0 Å². The van der Waals surface area contributed by atoms with Crippen molar-refractivity contribution >= 4 is 28.9 Å². The van der Waals surface area contributed by atoms with Gasteiger partial charge in [-0.25, -0.2) is 0 Å². The quantitative estimate of drug-likeness (QED) is 0.406. The fourth-order valence-electron chi connectivity index (χ4n) is 3.07. The number of anilines is 1. The molecule has 0 saturated heterocycles. The van der Waals surface area contributed by atoms with Crippen LogP contribution >= 0.6 is 23.2 Å². The first-order chi connectivity index (χ1) is 14.4. The Morgan fingerprint density at radius 2 is 1.35 bits per heavy atom. The Bertz CT molecular complexity index is 1020. The summed E-state index contributed by atoms with van der Waals surface area (Å²) < 4.78 is 40.9. The first-order valence-corrected chi connectivity index (χ1v) is 10.4. The number of ether oxygens (including phenoxy) is 1. The van der Waals surface area contributed by atoms with Crippen LogP contribution in [0.5, 0.6) is 5.75 Å². The molecule has 0 unspecified atom stereocenters. The van der Waals surface area contributed by atoms with Gasteiger partial charge < -0.3 is 10.1 Å². The van der Waals surface area contributed by atoms with Gasteiger partial charge in [0.1, 0.15) is 5.75 Å². The average Bonchev–Trinajstić information content (AvgIpc) is 2.66. The molecule has 3 rings (SSSR count). The van der Waals surface area contributed by atoms with Gasteiger partial charge in [-0.15, -0.1) is 13.2 Å². The van der Waals surface area contributed by atoms with Gasteiger partial charge >= 0.3 is 6.36 Å². The smallest absolute Gasteiger partial charge is 0.406 e. The lowest BCUT2D eigenvalue weighted by atomic mass is 9.87. The molecule has 0 aromatic heterocycles. The molecule has 0 radical (unpaired) electrons. The molecule has 0 aliphatic rings. The molecule has 1 N–H and O–H groups in total. The van der Waals surface area contributed by atoms with Crippen molar-refractivity contribution in [3.05, 3.63) is 81.8 Å². The Morgan fingerprint density at radius 3 is 1.84 bits per heavy atom. The van der Waals surface area contributed by atoms with Crippen LogP contribution in [0, 0.1) is 0 Å².